The number of anilines is 1. The third-order valence-electron chi connectivity index (χ3n) is 2.34. The molecule has 1 aromatic rings. The predicted octanol–water partition coefficient (Wildman–Crippen LogP) is 0.349. The van der Waals surface area contributed by atoms with Crippen molar-refractivity contribution in [3.8, 4) is 5.75 Å². The van der Waals surface area contributed by atoms with Gasteiger partial charge >= 0.3 is 5.97 Å². The number of carboxylic acid groups (broad SMARTS) is 1. The molecule has 1 rings (SSSR count). The first-order valence-corrected chi connectivity index (χ1v) is 5.02. The number of phenolic OH excluding ortho intramolecular Hbond substituents is 1. The maximum absolute atomic E-state index is 11.7. The minimum absolute atomic E-state index is 0.0267. The normalized spacial score (nSPS) is 12.1. The van der Waals surface area contributed by atoms with Gasteiger partial charge < -0.3 is 21.7 Å². The van der Waals surface area contributed by atoms with Gasteiger partial charge in [-0.1, -0.05) is 0 Å². The number of carboxylic acids is 1. The fraction of sp³-hybridized carbons (Fsp3) is 0.273. The number of aromatic hydroxyl groups is 1. The summed E-state index contributed by atoms with van der Waals surface area (Å²) in [6.07, 6.45) is 0.00435. The summed E-state index contributed by atoms with van der Waals surface area (Å²) in [6, 6.07) is 2.97. The fourth-order valence-corrected chi connectivity index (χ4v) is 1.33. The van der Waals surface area contributed by atoms with Crippen molar-refractivity contribution in [2.45, 2.75) is 18.9 Å². The van der Waals surface area contributed by atoms with Gasteiger partial charge in [0.25, 0.3) is 0 Å². The monoisotopic (exact) mass is 238 g/mol. The number of rotatable bonds is 5. The molecule has 17 heavy (non-hydrogen) atoms. The molecule has 0 fully saturated rings. The van der Waals surface area contributed by atoms with E-state index in [0.29, 0.717) is 0 Å². The lowest BCUT2D eigenvalue weighted by Crippen LogP contribution is -2.30. The Labute approximate surface area is 97.8 Å². The van der Waals surface area contributed by atoms with Crippen molar-refractivity contribution in [2.75, 3.05) is 5.73 Å². The molecule has 0 heterocycles. The third-order valence-corrected chi connectivity index (χ3v) is 2.34. The van der Waals surface area contributed by atoms with Crippen LogP contribution in [0.15, 0.2) is 18.2 Å². The van der Waals surface area contributed by atoms with Gasteiger partial charge in [-0.2, -0.15) is 0 Å². The second-order valence-electron chi connectivity index (χ2n) is 3.68. The van der Waals surface area contributed by atoms with Gasteiger partial charge in [0.15, 0.2) is 5.78 Å². The molecule has 1 aromatic carbocycles. The Balaban J connectivity index is 2.70. The predicted molar refractivity (Wildman–Crippen MR) is 61.7 cm³/mol. The molecule has 0 saturated heterocycles. The van der Waals surface area contributed by atoms with E-state index in [2.05, 4.69) is 0 Å². The van der Waals surface area contributed by atoms with Crippen molar-refractivity contribution in [1.29, 1.82) is 0 Å². The first kappa shape index (κ1) is 13.0. The number of hydrogen-bond donors (Lipinski definition) is 4. The number of carbonyl (C=O) groups excluding carboxylic acids is 1. The van der Waals surface area contributed by atoms with Crippen LogP contribution in [0, 0.1) is 0 Å². The van der Waals surface area contributed by atoms with Gasteiger partial charge in [-0.05, 0) is 24.6 Å². The summed E-state index contributed by atoms with van der Waals surface area (Å²) >= 11 is 0. The Bertz CT molecular complexity index is 445. The van der Waals surface area contributed by atoms with Gasteiger partial charge in [-0.15, -0.1) is 0 Å². The van der Waals surface area contributed by atoms with Gasteiger partial charge in [0.05, 0.1) is 0 Å². The summed E-state index contributed by atoms with van der Waals surface area (Å²) in [5.74, 6) is -1.55. The van der Waals surface area contributed by atoms with Gasteiger partial charge in [0.1, 0.15) is 11.8 Å². The maximum Gasteiger partial charge on any atom is 0.320 e. The van der Waals surface area contributed by atoms with Crippen molar-refractivity contribution >= 4 is 17.4 Å². The molecule has 0 aliphatic heterocycles. The first-order valence-electron chi connectivity index (χ1n) is 5.02. The lowest BCUT2D eigenvalue weighted by Gasteiger charge is -2.07. The smallest absolute Gasteiger partial charge is 0.320 e. The van der Waals surface area contributed by atoms with E-state index in [0.717, 1.165) is 0 Å². The summed E-state index contributed by atoms with van der Waals surface area (Å²) in [5, 5.41) is 17.8. The highest BCUT2D eigenvalue weighted by Gasteiger charge is 2.16. The molecule has 6 nitrogen and oxygen atoms in total. The van der Waals surface area contributed by atoms with E-state index in [1.54, 1.807) is 0 Å². The SMILES string of the molecule is Nc1ccc(O)cc1C(=O)CCC(N)C(=O)O. The average Bonchev–Trinajstić information content (AvgIpc) is 2.28. The molecular formula is C11H14N2O4. The minimum atomic E-state index is -1.15. The Kier molecular flexibility index (Phi) is 4.06. The maximum atomic E-state index is 11.7. The van der Waals surface area contributed by atoms with Crippen LogP contribution in [0.5, 0.6) is 5.75 Å². The van der Waals surface area contributed by atoms with Gasteiger partial charge in [-0.25, -0.2) is 0 Å². The number of benzene rings is 1. The molecular weight excluding hydrogens is 224 g/mol. The molecule has 0 aromatic heterocycles. The van der Waals surface area contributed by atoms with Crippen LogP contribution >= 0.6 is 0 Å². The summed E-state index contributed by atoms with van der Waals surface area (Å²) in [5.41, 5.74) is 11.3. The summed E-state index contributed by atoms with van der Waals surface area (Å²) in [4.78, 5) is 22.2. The molecule has 0 radical (unpaired) electrons. The Morgan fingerprint density at radius 3 is 2.59 bits per heavy atom. The molecule has 0 aliphatic carbocycles. The highest BCUT2D eigenvalue weighted by atomic mass is 16.4. The van der Waals surface area contributed by atoms with Crippen LogP contribution in [-0.2, 0) is 4.79 Å². The lowest BCUT2D eigenvalue weighted by atomic mass is 10.0. The van der Waals surface area contributed by atoms with Gasteiger partial charge in [0.2, 0.25) is 0 Å². The standard InChI is InChI=1S/C11H14N2O4/c12-8-2-1-6(14)5-7(8)10(15)4-3-9(13)11(16)17/h1-2,5,9,14H,3-4,12-13H2,(H,16,17). The molecule has 0 amide bonds. The van der Waals surface area contributed by atoms with Crippen molar-refractivity contribution in [3.05, 3.63) is 23.8 Å². The van der Waals surface area contributed by atoms with E-state index < -0.39 is 12.0 Å². The molecule has 6 heteroatoms. The fourth-order valence-electron chi connectivity index (χ4n) is 1.33. The topological polar surface area (TPSA) is 127 Å². The number of phenols is 1. The van der Waals surface area contributed by atoms with E-state index in [1.165, 1.54) is 18.2 Å². The highest BCUT2D eigenvalue weighted by Crippen LogP contribution is 2.20. The number of ketones is 1. The molecule has 1 atom stereocenters. The van der Waals surface area contributed by atoms with Crippen molar-refractivity contribution in [2.24, 2.45) is 5.73 Å². The number of Topliss-reactive ketones (excluding diaryl/α,β-unsaturated/α-hetero) is 1. The van der Waals surface area contributed by atoms with Crippen LogP contribution in [-0.4, -0.2) is 28.0 Å². The van der Waals surface area contributed by atoms with Gasteiger partial charge in [0, 0.05) is 17.7 Å². The summed E-state index contributed by atoms with van der Waals surface area (Å²) in [6.45, 7) is 0. The van der Waals surface area contributed by atoms with Crippen molar-refractivity contribution < 1.29 is 19.8 Å². The van der Waals surface area contributed by atoms with Crippen LogP contribution in [0.25, 0.3) is 0 Å². The van der Waals surface area contributed by atoms with Gasteiger partial charge in [-0.3, -0.25) is 9.59 Å². The van der Waals surface area contributed by atoms with Crippen molar-refractivity contribution in [3.63, 3.8) is 0 Å². The molecule has 0 saturated carbocycles. The summed E-state index contributed by atoms with van der Waals surface area (Å²) < 4.78 is 0. The number of nitrogen functional groups attached to an aromatic ring is 1. The molecule has 92 valence electrons. The quantitative estimate of drug-likeness (QED) is 0.333. The number of nitrogens with two attached hydrogens (primary N) is 2. The minimum Gasteiger partial charge on any atom is -0.508 e. The van der Waals surface area contributed by atoms with E-state index in [9.17, 15) is 14.7 Å². The van der Waals surface area contributed by atoms with E-state index >= 15 is 0 Å². The van der Waals surface area contributed by atoms with Crippen LogP contribution in [0.3, 0.4) is 0 Å². The summed E-state index contributed by atoms with van der Waals surface area (Å²) in [7, 11) is 0. The first-order chi connectivity index (χ1) is 7.91. The van der Waals surface area contributed by atoms with E-state index in [-0.39, 0.29) is 35.6 Å². The zero-order valence-corrected chi connectivity index (χ0v) is 9.09. The number of carbonyl (C=O) groups is 2. The molecule has 0 aliphatic rings. The molecule has 0 spiro atoms. The zero-order valence-electron chi connectivity index (χ0n) is 9.09. The second kappa shape index (κ2) is 5.31. The van der Waals surface area contributed by atoms with Crippen LogP contribution in [0.4, 0.5) is 5.69 Å². The molecule has 1 unspecified atom stereocenters. The number of hydrogen-bond acceptors (Lipinski definition) is 5. The molecule has 0 bridgehead atoms. The number of aliphatic carboxylic acids is 1. The Morgan fingerprint density at radius 1 is 1.35 bits per heavy atom. The Hall–Kier alpha value is -2.08. The lowest BCUT2D eigenvalue weighted by molar-refractivity contribution is -0.138. The van der Waals surface area contributed by atoms with Crippen LogP contribution in [0.2, 0.25) is 0 Å². The third kappa shape index (κ3) is 3.46. The zero-order chi connectivity index (χ0) is 13.0. The largest absolute Gasteiger partial charge is 0.508 e. The second-order valence-corrected chi connectivity index (χ2v) is 3.68. The van der Waals surface area contributed by atoms with Crippen LogP contribution in [0.1, 0.15) is 23.2 Å². The average molecular weight is 238 g/mol. The Morgan fingerprint density at radius 2 is 2.00 bits per heavy atom. The van der Waals surface area contributed by atoms with Crippen LogP contribution < -0.4 is 11.5 Å². The highest BCUT2D eigenvalue weighted by molar-refractivity contribution is 6.01. The van der Waals surface area contributed by atoms with E-state index in [1.807, 2.05) is 0 Å². The molecule has 6 N–H and O–H groups in total. The van der Waals surface area contributed by atoms with Crippen molar-refractivity contribution in [1.82, 2.24) is 0 Å². The van der Waals surface area contributed by atoms with E-state index in [4.69, 9.17) is 16.6 Å².